The number of anilines is 2. The molecule has 194 valence electrons. The first-order valence-electron chi connectivity index (χ1n) is 13.3. The van der Waals surface area contributed by atoms with Crippen LogP contribution in [0.25, 0.3) is 11.4 Å². The zero-order valence-corrected chi connectivity index (χ0v) is 21.3. The molecule has 1 saturated carbocycles. The van der Waals surface area contributed by atoms with Gasteiger partial charge in [-0.05, 0) is 12.8 Å². The first-order valence-corrected chi connectivity index (χ1v) is 13.3. The Labute approximate surface area is 214 Å². The van der Waals surface area contributed by atoms with Gasteiger partial charge in [-0.25, -0.2) is 9.97 Å². The van der Waals surface area contributed by atoms with Crippen LogP contribution in [0, 0.1) is 0 Å². The van der Waals surface area contributed by atoms with Crippen molar-refractivity contribution in [2.45, 2.75) is 51.5 Å². The molecular weight excluding hydrogens is 454 g/mol. The van der Waals surface area contributed by atoms with Crippen molar-refractivity contribution in [2.24, 2.45) is 0 Å². The van der Waals surface area contributed by atoms with Crippen LogP contribution >= 0.6 is 0 Å². The summed E-state index contributed by atoms with van der Waals surface area (Å²) in [4.78, 5) is 38.1. The Hall–Kier alpha value is -3.04. The number of nitrogens with zero attached hydrogens (tertiary/aromatic N) is 4. The van der Waals surface area contributed by atoms with Crippen LogP contribution in [-0.4, -0.2) is 83.4 Å². The number of benzene rings is 1. The highest BCUT2D eigenvalue weighted by molar-refractivity contribution is 5.92. The molecule has 4 rings (SSSR count). The highest BCUT2D eigenvalue weighted by atomic mass is 16.2. The fourth-order valence-corrected chi connectivity index (χ4v) is 5.04. The molecule has 0 spiro atoms. The summed E-state index contributed by atoms with van der Waals surface area (Å²) in [5.74, 6) is 1.45. The summed E-state index contributed by atoms with van der Waals surface area (Å²) >= 11 is 0. The molecule has 3 N–H and O–H groups in total. The maximum absolute atomic E-state index is 12.9. The van der Waals surface area contributed by atoms with Crippen molar-refractivity contribution in [3.05, 3.63) is 36.4 Å². The summed E-state index contributed by atoms with van der Waals surface area (Å²) in [7, 11) is 0. The van der Waals surface area contributed by atoms with Crippen LogP contribution in [0.2, 0.25) is 0 Å². The number of carbonyl (C=O) groups is 2. The lowest BCUT2D eigenvalue weighted by Gasteiger charge is -2.38. The van der Waals surface area contributed by atoms with Gasteiger partial charge in [-0.3, -0.25) is 19.4 Å². The standard InChI is InChI=1S/C27H39N7O2/c1-21(35)28-13-14-29-24-19-25(32-27(31-24)22-9-5-4-6-10-22)30-26(36)20-33-15-17-34(18-16-33)23-11-7-2-3-8-12-23/h4-6,9-10,19,23H,2-3,7-8,11-18,20H2,1H3,(H,28,35)(H2,29,30,31,32,36). The van der Waals surface area contributed by atoms with E-state index in [4.69, 9.17) is 0 Å². The fraction of sp³-hybridized carbons (Fsp3) is 0.556. The predicted molar refractivity (Wildman–Crippen MR) is 143 cm³/mol. The van der Waals surface area contributed by atoms with Gasteiger partial charge in [0.15, 0.2) is 5.82 Å². The lowest BCUT2D eigenvalue weighted by Crippen LogP contribution is -2.51. The van der Waals surface area contributed by atoms with E-state index < -0.39 is 0 Å². The number of hydrogen-bond acceptors (Lipinski definition) is 7. The van der Waals surface area contributed by atoms with Crippen molar-refractivity contribution < 1.29 is 9.59 Å². The molecule has 0 unspecified atom stereocenters. The SMILES string of the molecule is CC(=O)NCCNc1cc(NC(=O)CN2CCN(C3CCCCCC3)CC2)nc(-c2ccccc2)n1. The van der Waals surface area contributed by atoms with Gasteiger partial charge in [-0.1, -0.05) is 56.0 Å². The van der Waals surface area contributed by atoms with Crippen molar-refractivity contribution in [3.8, 4) is 11.4 Å². The number of rotatable bonds is 9. The third-order valence-electron chi connectivity index (χ3n) is 6.95. The summed E-state index contributed by atoms with van der Waals surface area (Å²) in [6.45, 7) is 6.74. The van der Waals surface area contributed by atoms with E-state index in [0.29, 0.717) is 37.1 Å². The average Bonchev–Trinajstić information content (AvgIpc) is 3.17. The molecule has 0 bridgehead atoms. The second-order valence-corrected chi connectivity index (χ2v) is 9.74. The number of aromatic nitrogens is 2. The highest BCUT2D eigenvalue weighted by Crippen LogP contribution is 2.23. The fourth-order valence-electron chi connectivity index (χ4n) is 5.04. The summed E-state index contributed by atoms with van der Waals surface area (Å²) in [6.07, 6.45) is 8.08. The Morgan fingerprint density at radius 1 is 0.917 bits per heavy atom. The van der Waals surface area contributed by atoms with E-state index in [9.17, 15) is 9.59 Å². The molecule has 2 fully saturated rings. The lowest BCUT2D eigenvalue weighted by molar-refractivity contribution is -0.119. The van der Waals surface area contributed by atoms with Crippen LogP contribution in [0.15, 0.2) is 36.4 Å². The van der Waals surface area contributed by atoms with Gasteiger partial charge in [0.25, 0.3) is 0 Å². The quantitative estimate of drug-likeness (QED) is 0.365. The molecule has 1 aromatic heterocycles. The Kier molecular flexibility index (Phi) is 9.63. The smallest absolute Gasteiger partial charge is 0.239 e. The molecule has 1 aromatic carbocycles. The second kappa shape index (κ2) is 13.3. The van der Waals surface area contributed by atoms with Crippen molar-refractivity contribution >= 4 is 23.5 Å². The highest BCUT2D eigenvalue weighted by Gasteiger charge is 2.25. The Morgan fingerprint density at radius 3 is 2.31 bits per heavy atom. The molecule has 2 aliphatic rings. The first kappa shape index (κ1) is 26.0. The lowest BCUT2D eigenvalue weighted by atomic mass is 10.1. The van der Waals surface area contributed by atoms with Crippen LogP contribution in [-0.2, 0) is 9.59 Å². The van der Waals surface area contributed by atoms with E-state index in [2.05, 4.69) is 35.7 Å². The van der Waals surface area contributed by atoms with Gasteiger partial charge < -0.3 is 16.0 Å². The zero-order valence-electron chi connectivity index (χ0n) is 21.3. The molecule has 2 amide bonds. The van der Waals surface area contributed by atoms with E-state index in [1.165, 1.54) is 45.4 Å². The van der Waals surface area contributed by atoms with Crippen LogP contribution < -0.4 is 16.0 Å². The van der Waals surface area contributed by atoms with Gasteiger partial charge in [0.05, 0.1) is 6.54 Å². The first-order chi connectivity index (χ1) is 17.6. The number of amides is 2. The molecule has 0 radical (unpaired) electrons. The summed E-state index contributed by atoms with van der Waals surface area (Å²) < 4.78 is 0. The van der Waals surface area contributed by atoms with Crippen LogP contribution in [0.5, 0.6) is 0 Å². The minimum Gasteiger partial charge on any atom is -0.368 e. The van der Waals surface area contributed by atoms with Crippen LogP contribution in [0.4, 0.5) is 11.6 Å². The third kappa shape index (κ3) is 7.99. The van der Waals surface area contributed by atoms with E-state index in [0.717, 1.165) is 37.8 Å². The Balaban J connectivity index is 1.34. The summed E-state index contributed by atoms with van der Waals surface area (Å²) in [5, 5.41) is 8.95. The number of hydrogen-bond donors (Lipinski definition) is 3. The van der Waals surface area contributed by atoms with Gasteiger partial charge in [0.1, 0.15) is 11.6 Å². The maximum atomic E-state index is 12.9. The van der Waals surface area contributed by atoms with Gasteiger partial charge in [-0.2, -0.15) is 0 Å². The topological polar surface area (TPSA) is 102 Å². The van der Waals surface area contributed by atoms with Gasteiger partial charge in [-0.15, -0.1) is 0 Å². The second-order valence-electron chi connectivity index (χ2n) is 9.74. The minimum absolute atomic E-state index is 0.0696. The Bertz CT molecular complexity index is 985. The molecule has 1 aliphatic heterocycles. The van der Waals surface area contributed by atoms with Gasteiger partial charge in [0.2, 0.25) is 11.8 Å². The number of piperazine rings is 1. The monoisotopic (exact) mass is 493 g/mol. The van der Waals surface area contributed by atoms with Crippen molar-refractivity contribution in [1.29, 1.82) is 0 Å². The van der Waals surface area contributed by atoms with E-state index >= 15 is 0 Å². The van der Waals surface area contributed by atoms with Crippen LogP contribution in [0.1, 0.15) is 45.4 Å². The van der Waals surface area contributed by atoms with Crippen LogP contribution in [0.3, 0.4) is 0 Å². The maximum Gasteiger partial charge on any atom is 0.239 e. The Morgan fingerprint density at radius 2 is 1.61 bits per heavy atom. The average molecular weight is 494 g/mol. The molecule has 36 heavy (non-hydrogen) atoms. The number of carbonyl (C=O) groups excluding carboxylic acids is 2. The minimum atomic E-state index is -0.0764. The molecule has 1 saturated heterocycles. The zero-order chi connectivity index (χ0) is 25.2. The van der Waals surface area contributed by atoms with E-state index in [1.807, 2.05) is 30.3 Å². The van der Waals surface area contributed by atoms with E-state index in [1.54, 1.807) is 6.07 Å². The number of nitrogens with one attached hydrogen (secondary N) is 3. The molecule has 1 aliphatic carbocycles. The molecule has 2 heterocycles. The largest absolute Gasteiger partial charge is 0.368 e. The van der Waals surface area contributed by atoms with Crippen molar-refractivity contribution in [3.63, 3.8) is 0 Å². The van der Waals surface area contributed by atoms with Crippen molar-refractivity contribution in [1.82, 2.24) is 25.1 Å². The summed E-state index contributed by atoms with van der Waals surface area (Å²) in [6, 6.07) is 12.1. The molecule has 0 atom stereocenters. The third-order valence-corrected chi connectivity index (χ3v) is 6.95. The van der Waals surface area contributed by atoms with Gasteiger partial charge in [0, 0.05) is 63.9 Å². The molecule has 9 nitrogen and oxygen atoms in total. The van der Waals surface area contributed by atoms with Crippen molar-refractivity contribution in [2.75, 3.05) is 56.4 Å². The normalized spacial score (nSPS) is 17.8. The molecular formula is C27H39N7O2. The molecule has 9 heteroatoms. The summed E-state index contributed by atoms with van der Waals surface area (Å²) in [5.41, 5.74) is 0.869. The van der Waals surface area contributed by atoms with Gasteiger partial charge >= 0.3 is 0 Å². The van der Waals surface area contributed by atoms with E-state index in [-0.39, 0.29) is 11.8 Å². The molecule has 2 aromatic rings. The predicted octanol–water partition coefficient (Wildman–Crippen LogP) is 2.97.